The van der Waals surface area contributed by atoms with Gasteiger partial charge in [-0.2, -0.15) is 0 Å². The SMILES string of the molecule is CCCCS(CCCC)(CCCC)P(=O)(O)O. The molecule has 0 aromatic heterocycles. The summed E-state index contributed by atoms with van der Waals surface area (Å²) in [5, 5.41) is 0. The molecule has 0 saturated carbocycles. The highest BCUT2D eigenvalue weighted by Gasteiger charge is 2.39. The third-order valence-electron chi connectivity index (χ3n) is 3.14. The summed E-state index contributed by atoms with van der Waals surface area (Å²) in [6.07, 6.45) is 5.92. The maximum Gasteiger partial charge on any atom is 0.366 e. The highest BCUT2D eigenvalue weighted by molar-refractivity contribution is 8.76. The Hall–Kier alpha value is 0.500. The van der Waals surface area contributed by atoms with E-state index in [0.29, 0.717) is 0 Å². The van der Waals surface area contributed by atoms with Crippen LogP contribution >= 0.6 is 16.4 Å². The molecule has 106 valence electrons. The zero-order chi connectivity index (χ0) is 13.4. The Morgan fingerprint density at radius 2 is 1.12 bits per heavy atom. The van der Waals surface area contributed by atoms with Crippen LogP contribution in [-0.2, 0) is 4.57 Å². The van der Waals surface area contributed by atoms with Crippen LogP contribution in [0.5, 0.6) is 0 Å². The summed E-state index contributed by atoms with van der Waals surface area (Å²) >= 11 is 0. The van der Waals surface area contributed by atoms with Crippen LogP contribution < -0.4 is 0 Å². The molecule has 0 heterocycles. The van der Waals surface area contributed by atoms with Crippen molar-refractivity contribution >= 4 is 16.4 Å². The van der Waals surface area contributed by atoms with Gasteiger partial charge in [0, 0.05) is 0 Å². The Balaban J connectivity index is 4.85. The van der Waals surface area contributed by atoms with Crippen LogP contribution in [0.4, 0.5) is 0 Å². The van der Waals surface area contributed by atoms with Gasteiger partial charge in [-0.05, 0) is 36.5 Å². The lowest BCUT2D eigenvalue weighted by Gasteiger charge is -2.40. The van der Waals surface area contributed by atoms with Gasteiger partial charge < -0.3 is 9.79 Å². The van der Waals surface area contributed by atoms with Gasteiger partial charge in [0.15, 0.2) is 0 Å². The zero-order valence-corrected chi connectivity index (χ0v) is 13.2. The Bertz CT molecular complexity index is 218. The fraction of sp³-hybridized carbons (Fsp3) is 1.00. The molecular formula is C12H29O3PS. The highest BCUT2D eigenvalue weighted by Crippen LogP contribution is 2.77. The fourth-order valence-electron chi connectivity index (χ4n) is 1.90. The van der Waals surface area contributed by atoms with Crippen molar-refractivity contribution in [2.45, 2.75) is 59.3 Å². The van der Waals surface area contributed by atoms with Gasteiger partial charge in [-0.1, -0.05) is 40.0 Å². The predicted molar refractivity (Wildman–Crippen MR) is 79.0 cm³/mol. The maximum atomic E-state index is 11.9. The maximum absolute atomic E-state index is 11.9. The van der Waals surface area contributed by atoms with E-state index in [2.05, 4.69) is 20.8 Å². The first-order chi connectivity index (χ1) is 7.93. The standard InChI is InChI=1S/C12H29O3PS/c1-4-7-10-17(11-8-5-2,12-9-6-3)16(13,14)15/h4-12H2,1-3H3,(H2,13,14,15). The van der Waals surface area contributed by atoms with E-state index in [-0.39, 0.29) is 0 Å². The molecule has 0 aromatic carbocycles. The van der Waals surface area contributed by atoms with E-state index in [1.165, 1.54) is 0 Å². The molecule has 0 aliphatic heterocycles. The third kappa shape index (κ3) is 5.78. The first kappa shape index (κ1) is 17.5. The second-order valence-electron chi connectivity index (χ2n) is 4.66. The summed E-state index contributed by atoms with van der Waals surface area (Å²) in [5.74, 6) is 2.27. The molecule has 5 heteroatoms. The summed E-state index contributed by atoms with van der Waals surface area (Å²) < 4.78 is 11.9. The van der Waals surface area contributed by atoms with Crippen LogP contribution in [0.3, 0.4) is 0 Å². The number of unbranched alkanes of at least 4 members (excludes halogenated alkanes) is 3. The Kier molecular flexibility index (Phi) is 8.83. The van der Waals surface area contributed by atoms with Crippen molar-refractivity contribution in [1.82, 2.24) is 0 Å². The van der Waals surface area contributed by atoms with Gasteiger partial charge in [0.2, 0.25) is 0 Å². The molecule has 0 bridgehead atoms. The first-order valence-electron chi connectivity index (χ1n) is 6.75. The van der Waals surface area contributed by atoms with Crippen LogP contribution in [0.2, 0.25) is 0 Å². The van der Waals surface area contributed by atoms with E-state index < -0.39 is 16.4 Å². The summed E-state index contributed by atoms with van der Waals surface area (Å²) in [4.78, 5) is 19.5. The molecule has 0 spiro atoms. The van der Waals surface area contributed by atoms with Crippen molar-refractivity contribution in [2.75, 3.05) is 17.3 Å². The monoisotopic (exact) mass is 284 g/mol. The molecule has 3 nitrogen and oxygen atoms in total. The Labute approximate surface area is 108 Å². The Morgan fingerprint density at radius 3 is 1.29 bits per heavy atom. The average molecular weight is 284 g/mol. The van der Waals surface area contributed by atoms with Crippen LogP contribution in [-0.4, -0.2) is 27.0 Å². The number of hydrogen-bond acceptors (Lipinski definition) is 1. The summed E-state index contributed by atoms with van der Waals surface area (Å²) in [5.41, 5.74) is 0. The van der Waals surface area contributed by atoms with Crippen molar-refractivity contribution in [3.05, 3.63) is 0 Å². The molecule has 0 radical (unpaired) electrons. The minimum Gasteiger partial charge on any atom is -0.318 e. The lowest BCUT2D eigenvalue weighted by Crippen LogP contribution is -2.14. The summed E-state index contributed by atoms with van der Waals surface area (Å²) in [6, 6.07) is 0. The van der Waals surface area contributed by atoms with E-state index in [1.807, 2.05) is 0 Å². The lowest BCUT2D eigenvalue weighted by molar-refractivity contribution is 0.395. The number of hydrogen-bond donors (Lipinski definition) is 2. The summed E-state index contributed by atoms with van der Waals surface area (Å²) in [6.45, 7) is 2.35. The molecule has 0 atom stereocenters. The van der Waals surface area contributed by atoms with Gasteiger partial charge in [0.05, 0.1) is 0 Å². The second kappa shape index (κ2) is 8.58. The largest absolute Gasteiger partial charge is 0.366 e. The van der Waals surface area contributed by atoms with Crippen LogP contribution in [0.15, 0.2) is 0 Å². The molecule has 0 saturated heterocycles. The molecule has 0 unspecified atom stereocenters. The highest BCUT2D eigenvalue weighted by atomic mass is 32.8. The third-order valence-corrected chi connectivity index (χ3v) is 12.0. The van der Waals surface area contributed by atoms with E-state index in [0.717, 1.165) is 55.8 Å². The van der Waals surface area contributed by atoms with Crippen molar-refractivity contribution in [1.29, 1.82) is 0 Å². The molecular weight excluding hydrogens is 255 g/mol. The van der Waals surface area contributed by atoms with E-state index in [4.69, 9.17) is 0 Å². The number of rotatable bonds is 10. The van der Waals surface area contributed by atoms with Crippen LogP contribution in [0.25, 0.3) is 0 Å². The molecule has 0 aliphatic carbocycles. The van der Waals surface area contributed by atoms with Gasteiger partial charge in [0.25, 0.3) is 0 Å². The van der Waals surface area contributed by atoms with E-state index >= 15 is 0 Å². The normalized spacial score (nSPS) is 13.9. The smallest absolute Gasteiger partial charge is 0.318 e. The Morgan fingerprint density at radius 1 is 0.824 bits per heavy atom. The zero-order valence-electron chi connectivity index (χ0n) is 11.5. The van der Waals surface area contributed by atoms with Crippen molar-refractivity contribution < 1.29 is 14.4 Å². The predicted octanol–water partition coefficient (Wildman–Crippen LogP) is 4.28. The second-order valence-corrected chi connectivity index (χ2v) is 12.6. The minimum atomic E-state index is -3.91. The molecule has 2 N–H and O–H groups in total. The van der Waals surface area contributed by atoms with Crippen LogP contribution in [0.1, 0.15) is 59.3 Å². The molecule has 0 fully saturated rings. The topological polar surface area (TPSA) is 57.5 Å². The molecule has 0 aromatic rings. The van der Waals surface area contributed by atoms with Gasteiger partial charge in [-0.15, -0.1) is 9.65 Å². The van der Waals surface area contributed by atoms with Gasteiger partial charge in [-0.3, -0.25) is 0 Å². The lowest BCUT2D eigenvalue weighted by atomic mass is 10.4. The fourth-order valence-corrected chi connectivity index (χ4v) is 9.01. The van der Waals surface area contributed by atoms with Gasteiger partial charge in [-0.25, -0.2) is 4.57 Å². The molecule has 0 rings (SSSR count). The molecule has 0 aliphatic rings. The van der Waals surface area contributed by atoms with Gasteiger partial charge in [0.1, 0.15) is 0 Å². The molecule has 0 amide bonds. The van der Waals surface area contributed by atoms with Crippen LogP contribution in [0, 0.1) is 0 Å². The average Bonchev–Trinajstić information content (AvgIpc) is 2.27. The van der Waals surface area contributed by atoms with Gasteiger partial charge >= 0.3 is 6.80 Å². The minimum absolute atomic E-state index is 0.758. The first-order valence-corrected chi connectivity index (χ1v) is 11.1. The van der Waals surface area contributed by atoms with Crippen molar-refractivity contribution in [2.24, 2.45) is 0 Å². The quantitative estimate of drug-likeness (QED) is 0.588. The van der Waals surface area contributed by atoms with Crippen molar-refractivity contribution in [3.63, 3.8) is 0 Å². The summed E-state index contributed by atoms with van der Waals surface area (Å²) in [7, 11) is -1.73. The van der Waals surface area contributed by atoms with E-state index in [1.54, 1.807) is 0 Å². The molecule has 17 heavy (non-hydrogen) atoms. The van der Waals surface area contributed by atoms with E-state index in [9.17, 15) is 14.4 Å². The van der Waals surface area contributed by atoms with Crippen molar-refractivity contribution in [3.8, 4) is 0 Å².